The van der Waals surface area contributed by atoms with E-state index < -0.39 is 0 Å². The number of hydrogen-bond donors (Lipinski definition) is 2. The summed E-state index contributed by atoms with van der Waals surface area (Å²) in [6, 6.07) is 21.4. The quantitative estimate of drug-likeness (QED) is 0.486. The van der Waals surface area contributed by atoms with Crippen LogP contribution in [0.5, 0.6) is 17.2 Å². The molecule has 0 spiro atoms. The van der Waals surface area contributed by atoms with Gasteiger partial charge in [-0.25, -0.2) is 5.43 Å². The van der Waals surface area contributed by atoms with Crippen LogP contribution in [0.15, 0.2) is 77.9 Å². The second-order valence-corrected chi connectivity index (χ2v) is 5.93. The fraction of sp³-hybridized carbons (Fsp3) is 0.0909. The van der Waals surface area contributed by atoms with E-state index in [1.165, 1.54) is 19.4 Å². The number of carbonyl (C=O) groups is 1. The van der Waals surface area contributed by atoms with Gasteiger partial charge in [0.05, 0.1) is 13.3 Å². The van der Waals surface area contributed by atoms with Gasteiger partial charge in [-0.1, -0.05) is 30.3 Å². The highest BCUT2D eigenvalue weighted by Gasteiger charge is 2.05. The van der Waals surface area contributed by atoms with Crippen molar-refractivity contribution in [1.82, 2.24) is 5.43 Å². The van der Waals surface area contributed by atoms with E-state index in [-0.39, 0.29) is 11.7 Å². The van der Waals surface area contributed by atoms with Crippen LogP contribution in [0.4, 0.5) is 0 Å². The van der Waals surface area contributed by atoms with Gasteiger partial charge in [0.15, 0.2) is 11.5 Å². The highest BCUT2D eigenvalue weighted by molar-refractivity contribution is 5.94. The Morgan fingerprint density at radius 2 is 1.82 bits per heavy atom. The zero-order valence-corrected chi connectivity index (χ0v) is 15.3. The van der Waals surface area contributed by atoms with Gasteiger partial charge >= 0.3 is 0 Å². The monoisotopic (exact) mass is 376 g/mol. The van der Waals surface area contributed by atoms with E-state index in [2.05, 4.69) is 10.5 Å². The van der Waals surface area contributed by atoms with Gasteiger partial charge < -0.3 is 14.6 Å². The molecule has 0 aliphatic carbocycles. The van der Waals surface area contributed by atoms with Gasteiger partial charge in [-0.15, -0.1) is 0 Å². The van der Waals surface area contributed by atoms with Crippen molar-refractivity contribution in [3.8, 4) is 17.2 Å². The van der Waals surface area contributed by atoms with Crippen LogP contribution in [0, 0.1) is 0 Å². The lowest BCUT2D eigenvalue weighted by Crippen LogP contribution is -2.17. The summed E-state index contributed by atoms with van der Waals surface area (Å²) in [5, 5.41) is 13.5. The molecular formula is C22H20N2O4. The molecule has 0 aliphatic heterocycles. The third-order valence-corrected chi connectivity index (χ3v) is 3.95. The van der Waals surface area contributed by atoms with Crippen molar-refractivity contribution in [2.24, 2.45) is 5.10 Å². The summed E-state index contributed by atoms with van der Waals surface area (Å²) in [7, 11) is 1.46. The largest absolute Gasteiger partial charge is 0.504 e. The minimum Gasteiger partial charge on any atom is -0.504 e. The predicted molar refractivity (Wildman–Crippen MR) is 107 cm³/mol. The van der Waals surface area contributed by atoms with Gasteiger partial charge in [0.2, 0.25) is 0 Å². The first kappa shape index (κ1) is 19.0. The summed E-state index contributed by atoms with van der Waals surface area (Å²) in [4.78, 5) is 12.2. The molecule has 142 valence electrons. The number of phenolic OH excluding ortho intramolecular Hbond substituents is 1. The summed E-state index contributed by atoms with van der Waals surface area (Å²) in [6.07, 6.45) is 1.47. The number of para-hydroxylation sites is 1. The molecule has 0 bridgehead atoms. The SMILES string of the molecule is COc1cc(/C=N/NC(=O)c2ccc(COc3ccccc3)cc2)ccc1O. The van der Waals surface area contributed by atoms with Crippen LogP contribution in [-0.4, -0.2) is 24.3 Å². The van der Waals surface area contributed by atoms with E-state index >= 15 is 0 Å². The van der Waals surface area contributed by atoms with E-state index in [4.69, 9.17) is 9.47 Å². The number of ether oxygens (including phenoxy) is 2. The molecule has 0 fully saturated rings. The van der Waals surface area contributed by atoms with Crippen LogP contribution >= 0.6 is 0 Å². The Morgan fingerprint density at radius 3 is 2.54 bits per heavy atom. The van der Waals surface area contributed by atoms with Gasteiger partial charge in [-0.2, -0.15) is 5.10 Å². The molecule has 3 aromatic carbocycles. The second kappa shape index (κ2) is 9.23. The van der Waals surface area contributed by atoms with Crippen molar-refractivity contribution < 1.29 is 19.4 Å². The highest BCUT2D eigenvalue weighted by atomic mass is 16.5. The Kier molecular flexibility index (Phi) is 6.25. The lowest BCUT2D eigenvalue weighted by molar-refractivity contribution is 0.0955. The zero-order chi connectivity index (χ0) is 19.8. The maximum Gasteiger partial charge on any atom is 0.271 e. The van der Waals surface area contributed by atoms with Gasteiger partial charge in [0, 0.05) is 5.56 Å². The Hall–Kier alpha value is -3.80. The molecule has 0 aromatic heterocycles. The molecule has 3 aromatic rings. The van der Waals surface area contributed by atoms with Crippen LogP contribution in [0.1, 0.15) is 21.5 Å². The molecular weight excluding hydrogens is 356 g/mol. The fourth-order valence-corrected chi connectivity index (χ4v) is 2.44. The van der Waals surface area contributed by atoms with E-state index in [9.17, 15) is 9.90 Å². The standard InChI is InChI=1S/C22H20N2O4/c1-27-21-13-17(9-12-20(21)25)14-23-24-22(26)18-10-7-16(8-11-18)15-28-19-5-3-2-4-6-19/h2-14,25H,15H2,1H3,(H,24,26)/b23-14+. The first-order chi connectivity index (χ1) is 13.7. The molecule has 0 unspecified atom stereocenters. The average Bonchev–Trinajstić information content (AvgIpc) is 2.74. The van der Waals surface area contributed by atoms with Gasteiger partial charge in [0.1, 0.15) is 12.4 Å². The van der Waals surface area contributed by atoms with Crippen LogP contribution in [0.25, 0.3) is 0 Å². The van der Waals surface area contributed by atoms with Crippen LogP contribution in [0.2, 0.25) is 0 Å². The van der Waals surface area contributed by atoms with Crippen molar-refractivity contribution in [3.63, 3.8) is 0 Å². The zero-order valence-electron chi connectivity index (χ0n) is 15.3. The molecule has 6 nitrogen and oxygen atoms in total. The molecule has 3 rings (SSSR count). The number of rotatable bonds is 7. The number of nitrogens with one attached hydrogen (secondary N) is 1. The molecule has 0 saturated carbocycles. The Labute approximate surface area is 163 Å². The molecule has 2 N–H and O–H groups in total. The number of amides is 1. The topological polar surface area (TPSA) is 80.2 Å². The number of hydrazone groups is 1. The summed E-state index contributed by atoms with van der Waals surface area (Å²) in [6.45, 7) is 0.423. The van der Waals surface area contributed by atoms with Crippen LogP contribution in [0.3, 0.4) is 0 Å². The van der Waals surface area contributed by atoms with Gasteiger partial charge in [-0.3, -0.25) is 4.79 Å². The molecule has 6 heteroatoms. The normalized spacial score (nSPS) is 10.6. The van der Waals surface area contributed by atoms with Crippen LogP contribution in [-0.2, 0) is 6.61 Å². The molecule has 1 amide bonds. The average molecular weight is 376 g/mol. The smallest absolute Gasteiger partial charge is 0.271 e. The van der Waals surface area contributed by atoms with Gasteiger partial charge in [-0.05, 0) is 53.6 Å². The molecule has 0 heterocycles. The molecule has 0 aliphatic rings. The number of hydrogen-bond acceptors (Lipinski definition) is 5. The lowest BCUT2D eigenvalue weighted by atomic mass is 10.1. The Balaban J connectivity index is 1.54. The maximum atomic E-state index is 12.2. The molecule has 0 atom stereocenters. The van der Waals surface area contributed by atoms with Crippen molar-refractivity contribution in [2.45, 2.75) is 6.61 Å². The van der Waals surface area contributed by atoms with Gasteiger partial charge in [0.25, 0.3) is 5.91 Å². The summed E-state index contributed by atoms with van der Waals surface area (Å²) in [5.41, 5.74) is 4.60. The second-order valence-electron chi connectivity index (χ2n) is 5.93. The van der Waals surface area contributed by atoms with E-state index in [1.807, 2.05) is 42.5 Å². The summed E-state index contributed by atoms with van der Waals surface area (Å²) < 4.78 is 10.7. The van der Waals surface area contributed by atoms with Crippen molar-refractivity contribution in [1.29, 1.82) is 0 Å². The third kappa shape index (κ3) is 5.11. The highest BCUT2D eigenvalue weighted by Crippen LogP contribution is 2.25. The number of phenols is 1. The first-order valence-electron chi connectivity index (χ1n) is 8.63. The molecule has 28 heavy (non-hydrogen) atoms. The minimum atomic E-state index is -0.322. The molecule has 0 saturated heterocycles. The van der Waals surface area contributed by atoms with Crippen molar-refractivity contribution >= 4 is 12.1 Å². The number of benzene rings is 3. The van der Waals surface area contributed by atoms with E-state index in [0.29, 0.717) is 23.5 Å². The number of aromatic hydroxyl groups is 1. The first-order valence-corrected chi connectivity index (χ1v) is 8.63. The number of nitrogens with zero attached hydrogens (tertiary/aromatic N) is 1. The van der Waals surface area contributed by atoms with E-state index in [1.54, 1.807) is 24.3 Å². The Bertz CT molecular complexity index is 954. The van der Waals surface area contributed by atoms with E-state index in [0.717, 1.165) is 11.3 Å². The summed E-state index contributed by atoms with van der Waals surface area (Å²) in [5.74, 6) is 0.852. The summed E-state index contributed by atoms with van der Waals surface area (Å²) >= 11 is 0. The van der Waals surface area contributed by atoms with Crippen LogP contribution < -0.4 is 14.9 Å². The third-order valence-electron chi connectivity index (χ3n) is 3.95. The number of methoxy groups -OCH3 is 1. The minimum absolute atomic E-state index is 0.0417. The maximum absolute atomic E-state index is 12.2. The predicted octanol–water partition coefficient (Wildman–Crippen LogP) is 3.74. The van der Waals surface area contributed by atoms with Crippen molar-refractivity contribution in [2.75, 3.05) is 7.11 Å². The lowest BCUT2D eigenvalue weighted by Gasteiger charge is -2.07. The van der Waals surface area contributed by atoms with Crippen molar-refractivity contribution in [3.05, 3.63) is 89.5 Å². The molecule has 0 radical (unpaired) electrons. The fourth-order valence-electron chi connectivity index (χ4n) is 2.44. The Morgan fingerprint density at radius 1 is 1.07 bits per heavy atom. The number of carbonyl (C=O) groups excluding carboxylic acids is 1.